The number of esters is 1. The number of aryl methyl sites for hydroxylation is 2. The van der Waals surface area contributed by atoms with Gasteiger partial charge in [-0.25, -0.2) is 14.6 Å². The summed E-state index contributed by atoms with van der Waals surface area (Å²) in [6.07, 6.45) is 1.19. The van der Waals surface area contributed by atoms with Crippen LogP contribution in [0.5, 0.6) is 11.5 Å². The molecule has 0 unspecified atom stereocenters. The number of carbonyl (C=O) groups excluding carboxylic acids is 2. The average molecular weight is 443 g/mol. The fraction of sp³-hybridized carbons (Fsp3) is 0.542. The molecule has 8 nitrogen and oxygen atoms in total. The van der Waals surface area contributed by atoms with Crippen LogP contribution in [0.3, 0.4) is 0 Å². The van der Waals surface area contributed by atoms with Crippen molar-refractivity contribution in [1.29, 1.82) is 0 Å². The van der Waals surface area contributed by atoms with Gasteiger partial charge in [0.15, 0.2) is 0 Å². The Bertz CT molecular complexity index is 1080. The number of fused-ring (bicyclic) bond motifs is 3. The van der Waals surface area contributed by atoms with Gasteiger partial charge in [-0.15, -0.1) is 0 Å². The van der Waals surface area contributed by atoms with E-state index < -0.39 is 29.3 Å². The normalized spacial score (nSPS) is 22.4. The van der Waals surface area contributed by atoms with Crippen molar-refractivity contribution >= 4 is 23.0 Å². The minimum atomic E-state index is -0.759. The smallest absolute Gasteiger partial charge is 0.411 e. The lowest BCUT2D eigenvalue weighted by molar-refractivity contribution is -0.145. The first kappa shape index (κ1) is 22.2. The first-order valence-electron chi connectivity index (χ1n) is 10.8. The van der Waals surface area contributed by atoms with Gasteiger partial charge in [0.1, 0.15) is 28.7 Å². The second kappa shape index (κ2) is 7.83. The third-order valence-electron chi connectivity index (χ3n) is 6.07. The number of pyridine rings is 1. The van der Waals surface area contributed by atoms with E-state index in [2.05, 4.69) is 0 Å². The van der Waals surface area contributed by atoms with Gasteiger partial charge < -0.3 is 18.9 Å². The van der Waals surface area contributed by atoms with Crippen molar-refractivity contribution in [3.8, 4) is 11.5 Å². The lowest BCUT2D eigenvalue weighted by Crippen LogP contribution is -2.46. The Balaban J connectivity index is 1.70. The summed E-state index contributed by atoms with van der Waals surface area (Å²) in [4.78, 5) is 31.6. The Morgan fingerprint density at radius 1 is 1.25 bits per heavy atom. The highest BCUT2D eigenvalue weighted by molar-refractivity contribution is 5.87. The van der Waals surface area contributed by atoms with Crippen molar-refractivity contribution < 1.29 is 28.5 Å². The fourth-order valence-electron chi connectivity index (χ4n) is 4.62. The number of methoxy groups -OCH3 is 2. The zero-order valence-corrected chi connectivity index (χ0v) is 19.5. The van der Waals surface area contributed by atoms with Crippen molar-refractivity contribution in [3.63, 3.8) is 0 Å². The molecule has 1 amide bonds. The number of nitrogens with zero attached hydrogens (tertiary/aromatic N) is 2. The predicted molar refractivity (Wildman–Crippen MR) is 118 cm³/mol. The van der Waals surface area contributed by atoms with Gasteiger partial charge in [-0.05, 0) is 58.7 Å². The first-order chi connectivity index (χ1) is 15.1. The molecular weight excluding hydrogens is 412 g/mol. The molecule has 0 radical (unpaired) electrons. The molecule has 2 aromatic rings. The number of aromatic nitrogens is 1. The maximum absolute atomic E-state index is 12.9. The number of hydrogen-bond donors (Lipinski definition) is 0. The van der Waals surface area contributed by atoms with E-state index in [4.69, 9.17) is 23.9 Å². The second-order valence-corrected chi connectivity index (χ2v) is 9.52. The number of amides is 1. The number of rotatable bonds is 2. The van der Waals surface area contributed by atoms with Crippen molar-refractivity contribution in [3.05, 3.63) is 29.5 Å². The predicted octanol–water partition coefficient (Wildman–Crippen LogP) is 3.80. The lowest BCUT2D eigenvalue weighted by atomic mass is 9.87. The third kappa shape index (κ3) is 3.94. The van der Waals surface area contributed by atoms with Gasteiger partial charge in [0.2, 0.25) is 0 Å². The minimum absolute atomic E-state index is 0.247. The molecule has 8 heteroatoms. The van der Waals surface area contributed by atoms with E-state index >= 15 is 0 Å². The molecule has 1 fully saturated rings. The average Bonchev–Trinajstić information content (AvgIpc) is 3.11. The molecule has 2 aliphatic heterocycles. The Hall–Kier alpha value is -3.03. The van der Waals surface area contributed by atoms with Crippen molar-refractivity contribution in [2.24, 2.45) is 0 Å². The van der Waals surface area contributed by atoms with E-state index in [-0.39, 0.29) is 6.54 Å². The molecule has 0 saturated carbocycles. The van der Waals surface area contributed by atoms with Gasteiger partial charge in [0.25, 0.3) is 0 Å². The monoisotopic (exact) mass is 442 g/mol. The van der Waals surface area contributed by atoms with Crippen molar-refractivity contribution in [2.75, 3.05) is 20.8 Å². The maximum Gasteiger partial charge on any atom is 0.411 e. The van der Waals surface area contributed by atoms with Crippen LogP contribution in [0, 0.1) is 6.92 Å². The fourth-order valence-corrected chi connectivity index (χ4v) is 4.62. The molecular formula is C24H30N2O6. The molecule has 4 rings (SSSR count). The zero-order chi connectivity index (χ0) is 23.3. The molecule has 0 bridgehead atoms. The van der Waals surface area contributed by atoms with E-state index in [1.165, 1.54) is 12.0 Å². The first-order valence-corrected chi connectivity index (χ1v) is 10.8. The van der Waals surface area contributed by atoms with Crippen molar-refractivity contribution in [1.82, 2.24) is 9.88 Å². The standard InChI is InChI=1S/C24H30N2O6/c1-14-20-16(17-11-15(29-5)7-8-18(17)25-14)9-10-24(31-20)12-19(21(27)30-6)26(13-24)22(28)32-23(2,3)4/h7-8,11,19H,9-10,12-13H2,1-6H3/t19-,24+/m0/s1. The summed E-state index contributed by atoms with van der Waals surface area (Å²) in [5, 5.41) is 0.992. The van der Waals surface area contributed by atoms with E-state index in [0.29, 0.717) is 18.6 Å². The molecule has 0 N–H and O–H groups in total. The number of benzene rings is 1. The molecule has 172 valence electrons. The van der Waals surface area contributed by atoms with E-state index in [9.17, 15) is 9.59 Å². The summed E-state index contributed by atoms with van der Waals surface area (Å²) in [5.41, 5.74) is 1.36. The highest BCUT2D eigenvalue weighted by Gasteiger charge is 2.53. The Kier molecular flexibility index (Phi) is 5.43. The maximum atomic E-state index is 12.9. The molecule has 0 aliphatic carbocycles. The van der Waals surface area contributed by atoms with Gasteiger partial charge in [-0.2, -0.15) is 0 Å². The van der Waals surface area contributed by atoms with Gasteiger partial charge in [-0.1, -0.05) is 0 Å². The topological polar surface area (TPSA) is 87.2 Å². The molecule has 1 spiro atoms. The van der Waals surface area contributed by atoms with Crippen LogP contribution in [0.2, 0.25) is 0 Å². The van der Waals surface area contributed by atoms with Gasteiger partial charge >= 0.3 is 12.1 Å². The highest BCUT2D eigenvalue weighted by Crippen LogP contribution is 2.45. The number of carbonyl (C=O) groups is 2. The largest absolute Gasteiger partial charge is 0.497 e. The van der Waals surface area contributed by atoms with Crippen LogP contribution in [0.15, 0.2) is 18.2 Å². The molecule has 1 aromatic carbocycles. The molecule has 1 aromatic heterocycles. The van der Waals surface area contributed by atoms with Gasteiger partial charge in [-0.3, -0.25) is 4.90 Å². The summed E-state index contributed by atoms with van der Waals surface area (Å²) < 4.78 is 22.5. The molecule has 2 atom stereocenters. The Morgan fingerprint density at radius 2 is 2.00 bits per heavy atom. The molecule has 3 heterocycles. The summed E-state index contributed by atoms with van der Waals surface area (Å²) in [5.74, 6) is 1.00. The Labute approximate surface area is 187 Å². The molecule has 1 saturated heterocycles. The SMILES string of the molecule is COC(=O)[C@@H]1C[C@]2(CCc3c(c(C)nc4ccc(OC)cc34)O2)CN1C(=O)OC(C)(C)C. The summed E-state index contributed by atoms with van der Waals surface area (Å²) >= 11 is 0. The quantitative estimate of drug-likeness (QED) is 0.654. The highest BCUT2D eigenvalue weighted by atomic mass is 16.6. The van der Waals surface area contributed by atoms with Crippen molar-refractivity contribution in [2.45, 2.75) is 64.2 Å². The van der Waals surface area contributed by atoms with Crippen LogP contribution in [-0.2, 0) is 20.7 Å². The van der Waals surface area contributed by atoms with E-state index in [1.807, 2.05) is 25.1 Å². The Morgan fingerprint density at radius 3 is 2.66 bits per heavy atom. The summed E-state index contributed by atoms with van der Waals surface area (Å²) in [6.45, 7) is 7.56. The van der Waals surface area contributed by atoms with Crippen LogP contribution in [0.4, 0.5) is 4.79 Å². The number of likely N-dealkylation sites (tertiary alicyclic amines) is 1. The lowest BCUT2D eigenvalue weighted by Gasteiger charge is -2.36. The second-order valence-electron chi connectivity index (χ2n) is 9.52. The zero-order valence-electron chi connectivity index (χ0n) is 19.5. The van der Waals surface area contributed by atoms with Gasteiger partial charge in [0, 0.05) is 17.4 Å². The van der Waals surface area contributed by atoms with Crippen LogP contribution in [0.25, 0.3) is 10.9 Å². The van der Waals surface area contributed by atoms with Crippen LogP contribution >= 0.6 is 0 Å². The number of hydrogen-bond acceptors (Lipinski definition) is 7. The van der Waals surface area contributed by atoms with E-state index in [1.54, 1.807) is 27.9 Å². The third-order valence-corrected chi connectivity index (χ3v) is 6.07. The summed E-state index contributed by atoms with van der Waals surface area (Å²) in [6, 6.07) is 5.05. The van der Waals surface area contributed by atoms with Crippen LogP contribution in [-0.4, -0.2) is 60.0 Å². The summed E-state index contributed by atoms with van der Waals surface area (Å²) in [7, 11) is 2.96. The minimum Gasteiger partial charge on any atom is -0.497 e. The molecule has 2 aliphatic rings. The van der Waals surface area contributed by atoms with Crippen LogP contribution in [0.1, 0.15) is 44.9 Å². The number of ether oxygens (including phenoxy) is 4. The van der Waals surface area contributed by atoms with Gasteiger partial charge in [0.05, 0.1) is 32.0 Å². The molecule has 32 heavy (non-hydrogen) atoms. The van der Waals surface area contributed by atoms with Crippen LogP contribution < -0.4 is 9.47 Å². The van der Waals surface area contributed by atoms with E-state index in [0.717, 1.165) is 34.3 Å².